The van der Waals surface area contributed by atoms with Gasteiger partial charge >= 0.3 is 0 Å². The predicted octanol–water partition coefficient (Wildman–Crippen LogP) is 3.01. The number of ether oxygens (including phenoxy) is 2. The Bertz CT molecular complexity index is 473. The monoisotopic (exact) mass is 508 g/mol. The van der Waals surface area contributed by atoms with Gasteiger partial charge in [-0.05, 0) is 44.4 Å². The molecule has 3 rings (SSSR count). The van der Waals surface area contributed by atoms with Crippen LogP contribution >= 0.6 is 24.0 Å². The van der Waals surface area contributed by atoms with Gasteiger partial charge in [0.1, 0.15) is 0 Å². The Morgan fingerprint density at radius 2 is 1.71 bits per heavy atom. The van der Waals surface area contributed by atoms with Gasteiger partial charge in [0.25, 0.3) is 0 Å². The van der Waals surface area contributed by atoms with Crippen molar-refractivity contribution >= 4 is 29.9 Å². The molecular formula is C21H41IN4O2. The van der Waals surface area contributed by atoms with Crippen LogP contribution in [0.2, 0.25) is 0 Å². The van der Waals surface area contributed by atoms with Crippen LogP contribution in [-0.2, 0) is 9.47 Å². The zero-order valence-corrected chi connectivity index (χ0v) is 20.3. The molecule has 7 heteroatoms. The summed E-state index contributed by atoms with van der Waals surface area (Å²) >= 11 is 0. The Kier molecular flexibility index (Phi) is 10.3. The van der Waals surface area contributed by atoms with E-state index in [2.05, 4.69) is 27.4 Å². The minimum Gasteiger partial charge on any atom is -0.382 e. The first kappa shape index (κ1) is 24.2. The van der Waals surface area contributed by atoms with Crippen LogP contribution in [0.3, 0.4) is 0 Å². The molecule has 0 bridgehead atoms. The molecular weight excluding hydrogens is 467 g/mol. The van der Waals surface area contributed by atoms with Gasteiger partial charge in [0.15, 0.2) is 5.96 Å². The quantitative estimate of drug-likeness (QED) is 0.217. The van der Waals surface area contributed by atoms with Crippen molar-refractivity contribution in [3.63, 3.8) is 0 Å². The number of nitrogens with zero attached hydrogens (tertiary/aromatic N) is 2. The first-order valence-corrected chi connectivity index (χ1v) is 11.1. The molecule has 164 valence electrons. The van der Waals surface area contributed by atoms with E-state index in [-0.39, 0.29) is 29.5 Å². The third-order valence-electron chi connectivity index (χ3n) is 6.84. The molecule has 0 aromatic carbocycles. The summed E-state index contributed by atoms with van der Waals surface area (Å²) in [6, 6.07) is 0. The summed E-state index contributed by atoms with van der Waals surface area (Å²) in [5.74, 6) is 0.955. The zero-order valence-electron chi connectivity index (χ0n) is 17.9. The molecule has 28 heavy (non-hydrogen) atoms. The number of aliphatic imine (C=N–C) groups is 1. The fraction of sp³-hybridized carbons (Fsp3) is 0.952. The molecule has 6 nitrogen and oxygen atoms in total. The van der Waals surface area contributed by atoms with Crippen molar-refractivity contribution < 1.29 is 9.47 Å². The number of nitrogens with one attached hydrogen (secondary N) is 2. The molecule has 2 saturated carbocycles. The predicted molar refractivity (Wildman–Crippen MR) is 126 cm³/mol. The minimum atomic E-state index is 0. The van der Waals surface area contributed by atoms with E-state index in [1.165, 1.54) is 44.9 Å². The molecule has 2 N–H and O–H groups in total. The topological polar surface area (TPSA) is 58.1 Å². The second kappa shape index (κ2) is 11.9. The average Bonchev–Trinajstić information content (AvgIpc) is 3.50. The van der Waals surface area contributed by atoms with Gasteiger partial charge in [-0.15, -0.1) is 24.0 Å². The highest BCUT2D eigenvalue weighted by molar-refractivity contribution is 14.0. The summed E-state index contributed by atoms with van der Waals surface area (Å²) in [5, 5.41) is 7.27. The lowest BCUT2D eigenvalue weighted by atomic mass is 9.80. The van der Waals surface area contributed by atoms with Crippen LogP contribution in [0.1, 0.15) is 58.3 Å². The number of halogens is 1. The maximum absolute atomic E-state index is 5.60. The van der Waals surface area contributed by atoms with Crippen molar-refractivity contribution in [2.75, 3.05) is 59.7 Å². The van der Waals surface area contributed by atoms with Gasteiger partial charge < -0.3 is 20.1 Å². The van der Waals surface area contributed by atoms with E-state index in [1.54, 1.807) is 0 Å². The summed E-state index contributed by atoms with van der Waals surface area (Å²) in [6.45, 7) is 9.62. The molecule has 2 aliphatic carbocycles. The number of rotatable bonds is 9. The molecule has 1 heterocycles. The summed E-state index contributed by atoms with van der Waals surface area (Å²) in [5.41, 5.74) is 0.700. The lowest BCUT2D eigenvalue weighted by Crippen LogP contribution is -2.60. The van der Waals surface area contributed by atoms with Crippen molar-refractivity contribution in [1.82, 2.24) is 15.5 Å². The Labute approximate surface area is 188 Å². The van der Waals surface area contributed by atoms with Crippen LogP contribution in [0.15, 0.2) is 4.99 Å². The molecule has 0 aromatic rings. The highest BCUT2D eigenvalue weighted by Crippen LogP contribution is 2.48. The maximum Gasteiger partial charge on any atom is 0.191 e. The van der Waals surface area contributed by atoms with Crippen molar-refractivity contribution in [2.45, 2.75) is 63.8 Å². The lowest BCUT2D eigenvalue weighted by molar-refractivity contribution is -0.0352. The van der Waals surface area contributed by atoms with E-state index in [9.17, 15) is 0 Å². The van der Waals surface area contributed by atoms with E-state index in [4.69, 9.17) is 9.47 Å². The van der Waals surface area contributed by atoms with E-state index >= 15 is 0 Å². The molecule has 3 fully saturated rings. The van der Waals surface area contributed by atoms with E-state index in [1.807, 2.05) is 7.05 Å². The normalized spacial score (nSPS) is 24.3. The van der Waals surface area contributed by atoms with E-state index in [0.717, 1.165) is 65.0 Å². The molecule has 0 radical (unpaired) electrons. The van der Waals surface area contributed by atoms with Gasteiger partial charge in [-0.1, -0.05) is 19.3 Å². The summed E-state index contributed by atoms with van der Waals surface area (Å²) in [7, 11) is 1.89. The standard InChI is InChI=1S/C21H40N4O2.HI/c1-3-26-14-11-20(9-10-20)17-23-19(22-2)24-18-21(7-5-4-6-8-21)25-12-15-27-16-13-25;/h3-18H2,1-2H3,(H2,22,23,24);1H. The average molecular weight is 508 g/mol. The van der Waals surface area contributed by atoms with Gasteiger partial charge in [0.2, 0.25) is 0 Å². The van der Waals surface area contributed by atoms with Gasteiger partial charge in [0.05, 0.1) is 13.2 Å². The molecule has 1 aliphatic heterocycles. The second-order valence-electron chi connectivity index (χ2n) is 8.61. The Balaban J connectivity index is 0.00000280. The molecule has 0 amide bonds. The van der Waals surface area contributed by atoms with Gasteiger partial charge in [-0.25, -0.2) is 0 Å². The van der Waals surface area contributed by atoms with Crippen LogP contribution in [0, 0.1) is 5.41 Å². The van der Waals surface area contributed by atoms with Crippen LogP contribution in [0.25, 0.3) is 0 Å². The fourth-order valence-corrected chi connectivity index (χ4v) is 4.72. The largest absolute Gasteiger partial charge is 0.382 e. The third kappa shape index (κ3) is 6.71. The summed E-state index contributed by atoms with van der Waals surface area (Å²) < 4.78 is 11.2. The smallest absolute Gasteiger partial charge is 0.191 e. The molecule has 0 spiro atoms. The fourth-order valence-electron chi connectivity index (χ4n) is 4.72. The lowest BCUT2D eigenvalue weighted by Gasteiger charge is -2.48. The summed E-state index contributed by atoms with van der Waals surface area (Å²) in [4.78, 5) is 7.18. The van der Waals surface area contributed by atoms with E-state index < -0.39 is 0 Å². The van der Waals surface area contributed by atoms with Crippen LogP contribution in [0.5, 0.6) is 0 Å². The number of hydrogen-bond acceptors (Lipinski definition) is 4. The molecule has 0 aromatic heterocycles. The van der Waals surface area contributed by atoms with Crippen LogP contribution in [0.4, 0.5) is 0 Å². The van der Waals surface area contributed by atoms with Crippen LogP contribution < -0.4 is 10.6 Å². The third-order valence-corrected chi connectivity index (χ3v) is 6.84. The first-order chi connectivity index (χ1) is 13.2. The zero-order chi connectivity index (χ0) is 19.0. The van der Waals surface area contributed by atoms with Crippen molar-refractivity contribution in [2.24, 2.45) is 10.4 Å². The Morgan fingerprint density at radius 1 is 1.04 bits per heavy atom. The number of morpholine rings is 1. The van der Waals surface area contributed by atoms with Gasteiger partial charge in [-0.2, -0.15) is 0 Å². The van der Waals surface area contributed by atoms with Crippen molar-refractivity contribution in [3.8, 4) is 0 Å². The van der Waals surface area contributed by atoms with Crippen molar-refractivity contribution in [1.29, 1.82) is 0 Å². The number of guanidine groups is 1. The van der Waals surface area contributed by atoms with E-state index in [0.29, 0.717) is 5.41 Å². The summed E-state index contributed by atoms with van der Waals surface area (Å²) in [6.07, 6.45) is 10.4. The Hall–Kier alpha value is -0.120. The molecule has 1 saturated heterocycles. The molecule has 0 atom stereocenters. The minimum absolute atomic E-state index is 0. The first-order valence-electron chi connectivity index (χ1n) is 11.1. The molecule has 0 unspecified atom stereocenters. The van der Waals surface area contributed by atoms with Crippen LogP contribution in [-0.4, -0.2) is 76.1 Å². The highest BCUT2D eigenvalue weighted by Gasteiger charge is 2.42. The molecule has 3 aliphatic rings. The number of hydrogen-bond donors (Lipinski definition) is 2. The van der Waals surface area contributed by atoms with Crippen molar-refractivity contribution in [3.05, 3.63) is 0 Å². The van der Waals surface area contributed by atoms with Gasteiger partial charge in [-0.3, -0.25) is 9.89 Å². The Morgan fingerprint density at radius 3 is 2.32 bits per heavy atom. The highest BCUT2D eigenvalue weighted by atomic mass is 127. The SMILES string of the molecule is CCOCCC1(CNC(=NC)NCC2(N3CCOCC3)CCCCC2)CC1.I. The van der Waals surface area contributed by atoms with Gasteiger partial charge in [0, 0.05) is 52.0 Å². The second-order valence-corrected chi connectivity index (χ2v) is 8.61. The maximum atomic E-state index is 5.60.